The molecule has 0 aromatic carbocycles. The van der Waals surface area contributed by atoms with E-state index >= 15 is 0 Å². The fourth-order valence-electron chi connectivity index (χ4n) is 3.66. The van der Waals surface area contributed by atoms with E-state index in [0.717, 1.165) is 45.1 Å². The van der Waals surface area contributed by atoms with Crippen molar-refractivity contribution in [3.05, 3.63) is 0 Å². The topological polar surface area (TPSA) is 87.7 Å². The fourth-order valence-corrected chi connectivity index (χ4v) is 3.66. The van der Waals surface area contributed by atoms with Gasteiger partial charge in [-0.05, 0) is 46.1 Å². The largest absolute Gasteiger partial charge is 0.466 e. The van der Waals surface area contributed by atoms with Crippen LogP contribution < -0.4 is 10.6 Å². The standard InChI is InChI=1S/C18H31N3O4/c1-3-25-17(23)14-8-7-11-21(12-14)13(2)16(22)20-18(24)19-15-9-5-4-6-10-15/h13-15H,3-12H2,1-2H3,(H2,19,20,22,24). The normalized spacial score (nSPS) is 23.5. The SMILES string of the molecule is CCOC(=O)C1CCCN(C(C)C(=O)NC(=O)NC2CCCCC2)C1. The van der Waals surface area contributed by atoms with Crippen LogP contribution in [0.15, 0.2) is 0 Å². The van der Waals surface area contributed by atoms with Crippen molar-refractivity contribution in [1.29, 1.82) is 0 Å². The van der Waals surface area contributed by atoms with Gasteiger partial charge in [0.1, 0.15) is 0 Å². The lowest BCUT2D eigenvalue weighted by atomic mass is 9.96. The van der Waals surface area contributed by atoms with E-state index < -0.39 is 12.1 Å². The van der Waals surface area contributed by atoms with E-state index in [1.807, 2.05) is 4.90 Å². The zero-order valence-corrected chi connectivity index (χ0v) is 15.4. The quantitative estimate of drug-likeness (QED) is 0.736. The lowest BCUT2D eigenvalue weighted by molar-refractivity contribution is -0.151. The van der Waals surface area contributed by atoms with Gasteiger partial charge in [0.25, 0.3) is 0 Å². The van der Waals surface area contributed by atoms with E-state index in [1.54, 1.807) is 13.8 Å². The molecule has 2 atom stereocenters. The van der Waals surface area contributed by atoms with Gasteiger partial charge in [0, 0.05) is 12.6 Å². The number of imide groups is 1. The summed E-state index contributed by atoms with van der Waals surface area (Å²) in [5.41, 5.74) is 0. The van der Waals surface area contributed by atoms with Crippen LogP contribution in [0.4, 0.5) is 4.79 Å². The first-order valence-electron chi connectivity index (χ1n) is 9.53. The Kier molecular flexibility index (Phi) is 7.68. The molecule has 0 bridgehead atoms. The second kappa shape index (κ2) is 9.75. The van der Waals surface area contributed by atoms with Crippen LogP contribution in [0.25, 0.3) is 0 Å². The van der Waals surface area contributed by atoms with Gasteiger partial charge in [-0.25, -0.2) is 4.79 Å². The average molecular weight is 353 g/mol. The first kappa shape index (κ1) is 19.7. The Morgan fingerprint density at radius 2 is 1.84 bits per heavy atom. The van der Waals surface area contributed by atoms with Crippen LogP contribution >= 0.6 is 0 Å². The molecule has 2 unspecified atom stereocenters. The predicted molar refractivity (Wildman–Crippen MR) is 93.9 cm³/mol. The number of carbonyl (C=O) groups is 3. The number of esters is 1. The molecule has 25 heavy (non-hydrogen) atoms. The fraction of sp³-hybridized carbons (Fsp3) is 0.833. The summed E-state index contributed by atoms with van der Waals surface area (Å²) in [6, 6.07) is -0.697. The average Bonchev–Trinajstić information content (AvgIpc) is 2.62. The summed E-state index contributed by atoms with van der Waals surface area (Å²) in [6.07, 6.45) is 7.04. The Morgan fingerprint density at radius 3 is 2.52 bits per heavy atom. The Bertz CT molecular complexity index is 477. The third-order valence-corrected chi connectivity index (χ3v) is 5.18. The Labute approximate surface area is 149 Å². The van der Waals surface area contributed by atoms with Crippen molar-refractivity contribution < 1.29 is 19.1 Å². The zero-order valence-electron chi connectivity index (χ0n) is 15.4. The monoisotopic (exact) mass is 353 g/mol. The van der Waals surface area contributed by atoms with Gasteiger partial charge in [0.15, 0.2) is 0 Å². The van der Waals surface area contributed by atoms with Crippen molar-refractivity contribution in [3.8, 4) is 0 Å². The van der Waals surface area contributed by atoms with Crippen molar-refractivity contribution in [1.82, 2.24) is 15.5 Å². The molecule has 7 nitrogen and oxygen atoms in total. The van der Waals surface area contributed by atoms with Crippen LogP contribution in [0, 0.1) is 5.92 Å². The van der Waals surface area contributed by atoms with Crippen LogP contribution in [-0.2, 0) is 14.3 Å². The molecule has 0 spiro atoms. The minimum atomic E-state index is -0.450. The summed E-state index contributed by atoms with van der Waals surface area (Å²) in [6.45, 7) is 5.18. The summed E-state index contributed by atoms with van der Waals surface area (Å²) in [7, 11) is 0. The number of piperidine rings is 1. The number of rotatable bonds is 5. The van der Waals surface area contributed by atoms with Gasteiger partial charge < -0.3 is 10.1 Å². The maximum Gasteiger partial charge on any atom is 0.321 e. The highest BCUT2D eigenvalue weighted by Crippen LogP contribution is 2.20. The minimum Gasteiger partial charge on any atom is -0.466 e. The van der Waals surface area contributed by atoms with Crippen LogP contribution in [0.2, 0.25) is 0 Å². The molecule has 2 rings (SSSR count). The molecular formula is C18H31N3O4. The molecule has 1 aliphatic heterocycles. The number of ether oxygens (including phenoxy) is 1. The summed E-state index contributed by atoms with van der Waals surface area (Å²) in [5, 5.41) is 5.33. The predicted octanol–water partition coefficient (Wildman–Crippen LogP) is 1.81. The van der Waals surface area contributed by atoms with Crippen LogP contribution in [-0.4, -0.2) is 54.6 Å². The van der Waals surface area contributed by atoms with Crippen molar-refractivity contribution in [3.63, 3.8) is 0 Å². The van der Waals surface area contributed by atoms with Gasteiger partial charge in [-0.3, -0.25) is 19.8 Å². The third-order valence-electron chi connectivity index (χ3n) is 5.18. The minimum absolute atomic E-state index is 0.167. The van der Waals surface area contributed by atoms with Gasteiger partial charge in [0.05, 0.1) is 18.6 Å². The van der Waals surface area contributed by atoms with Crippen LogP contribution in [0.3, 0.4) is 0 Å². The second-order valence-corrected chi connectivity index (χ2v) is 7.06. The van der Waals surface area contributed by atoms with Crippen molar-refractivity contribution >= 4 is 17.9 Å². The lowest BCUT2D eigenvalue weighted by Crippen LogP contribution is -2.54. The molecule has 0 aromatic heterocycles. The van der Waals surface area contributed by atoms with Crippen LogP contribution in [0.5, 0.6) is 0 Å². The van der Waals surface area contributed by atoms with E-state index in [1.165, 1.54) is 6.42 Å². The Hall–Kier alpha value is -1.63. The summed E-state index contributed by atoms with van der Waals surface area (Å²) in [5.74, 6) is -0.715. The number of likely N-dealkylation sites (tertiary alicyclic amines) is 1. The summed E-state index contributed by atoms with van der Waals surface area (Å²) >= 11 is 0. The highest BCUT2D eigenvalue weighted by molar-refractivity contribution is 5.96. The molecule has 2 N–H and O–H groups in total. The smallest absolute Gasteiger partial charge is 0.321 e. The number of carbonyl (C=O) groups excluding carboxylic acids is 3. The molecule has 2 fully saturated rings. The number of hydrogen-bond acceptors (Lipinski definition) is 5. The first-order chi connectivity index (χ1) is 12.0. The van der Waals surface area contributed by atoms with Gasteiger partial charge in [-0.1, -0.05) is 19.3 Å². The van der Waals surface area contributed by atoms with Crippen molar-refractivity contribution in [2.75, 3.05) is 19.7 Å². The molecule has 1 aliphatic carbocycles. The van der Waals surface area contributed by atoms with Crippen molar-refractivity contribution in [2.45, 2.75) is 70.9 Å². The first-order valence-corrected chi connectivity index (χ1v) is 9.53. The number of nitrogens with one attached hydrogen (secondary N) is 2. The maximum absolute atomic E-state index is 12.4. The molecular weight excluding hydrogens is 322 g/mol. The van der Waals surface area contributed by atoms with Gasteiger partial charge in [-0.2, -0.15) is 0 Å². The second-order valence-electron chi connectivity index (χ2n) is 7.06. The molecule has 0 radical (unpaired) electrons. The molecule has 1 saturated carbocycles. The van der Waals surface area contributed by atoms with Gasteiger partial charge in [0.2, 0.25) is 5.91 Å². The number of amides is 3. The van der Waals surface area contributed by atoms with Gasteiger partial charge in [-0.15, -0.1) is 0 Å². The molecule has 1 heterocycles. The zero-order chi connectivity index (χ0) is 18.2. The van der Waals surface area contributed by atoms with Crippen molar-refractivity contribution in [2.24, 2.45) is 5.92 Å². The summed E-state index contributed by atoms with van der Waals surface area (Å²) < 4.78 is 5.09. The Morgan fingerprint density at radius 1 is 1.12 bits per heavy atom. The molecule has 1 saturated heterocycles. The lowest BCUT2D eigenvalue weighted by Gasteiger charge is -2.35. The maximum atomic E-state index is 12.4. The molecule has 0 aromatic rings. The summed E-state index contributed by atoms with van der Waals surface area (Å²) in [4.78, 5) is 38.3. The molecule has 2 aliphatic rings. The van der Waals surface area contributed by atoms with Gasteiger partial charge >= 0.3 is 12.0 Å². The third kappa shape index (κ3) is 5.99. The molecule has 142 valence electrons. The van der Waals surface area contributed by atoms with E-state index in [2.05, 4.69) is 10.6 Å². The Balaban J connectivity index is 1.79. The molecule has 3 amide bonds. The van der Waals surface area contributed by atoms with E-state index in [4.69, 9.17) is 4.74 Å². The number of hydrogen-bond donors (Lipinski definition) is 2. The van der Waals surface area contributed by atoms with E-state index in [0.29, 0.717) is 13.2 Å². The van der Waals surface area contributed by atoms with E-state index in [-0.39, 0.29) is 23.8 Å². The van der Waals surface area contributed by atoms with Crippen LogP contribution in [0.1, 0.15) is 58.8 Å². The number of nitrogens with zero attached hydrogens (tertiary/aromatic N) is 1. The number of urea groups is 1. The highest BCUT2D eigenvalue weighted by Gasteiger charge is 2.32. The highest BCUT2D eigenvalue weighted by atomic mass is 16.5. The van der Waals surface area contributed by atoms with E-state index in [9.17, 15) is 14.4 Å². The molecule has 7 heteroatoms.